The summed E-state index contributed by atoms with van der Waals surface area (Å²) in [6, 6.07) is -2.82. The molecule has 8 heteroatoms. The molecule has 0 aromatic heterocycles. The van der Waals surface area contributed by atoms with E-state index in [-0.39, 0.29) is 18.9 Å². The first kappa shape index (κ1) is 15.2. The smallest absolute Gasteiger partial charge is 0.326 e. The van der Waals surface area contributed by atoms with Gasteiger partial charge >= 0.3 is 12.0 Å². The zero-order chi connectivity index (χ0) is 14.7. The van der Waals surface area contributed by atoms with E-state index in [1.807, 2.05) is 0 Å². The second kappa shape index (κ2) is 5.87. The Balaban J connectivity index is 2.89. The number of carbonyl (C=O) groups excluding carboxylic acids is 2. The molecule has 19 heavy (non-hydrogen) atoms. The fraction of sp³-hybridized carbons (Fsp3) is 0.727. The van der Waals surface area contributed by atoms with E-state index in [4.69, 9.17) is 10.8 Å². The number of primary amides is 1. The third kappa shape index (κ3) is 3.57. The minimum absolute atomic E-state index is 0.0114. The highest BCUT2D eigenvalue weighted by molar-refractivity contribution is 5.90. The van der Waals surface area contributed by atoms with Gasteiger partial charge in [0.1, 0.15) is 12.1 Å². The van der Waals surface area contributed by atoms with Crippen molar-refractivity contribution in [1.29, 1.82) is 0 Å². The highest BCUT2D eigenvalue weighted by Crippen LogP contribution is 2.20. The molecule has 8 nitrogen and oxygen atoms in total. The third-order valence-corrected chi connectivity index (χ3v) is 3.08. The lowest BCUT2D eigenvalue weighted by Gasteiger charge is -2.28. The quantitative estimate of drug-likeness (QED) is 0.506. The molecular weight excluding hydrogens is 254 g/mol. The summed E-state index contributed by atoms with van der Waals surface area (Å²) in [6.45, 7) is 3.36. The Morgan fingerprint density at radius 1 is 1.37 bits per heavy atom. The number of carbonyl (C=O) groups is 3. The minimum atomic E-state index is -1.17. The Kier molecular flexibility index (Phi) is 4.71. The number of hydrogen-bond donors (Lipinski definition) is 4. The fourth-order valence-electron chi connectivity index (χ4n) is 2.14. The largest absolute Gasteiger partial charge is 0.480 e. The van der Waals surface area contributed by atoms with Gasteiger partial charge in [-0.2, -0.15) is 0 Å². The average Bonchev–Trinajstić information content (AvgIpc) is 2.67. The number of nitrogens with one attached hydrogen (secondary N) is 1. The minimum Gasteiger partial charge on any atom is -0.480 e. The number of likely N-dealkylation sites (tertiary alicyclic amines) is 1. The molecular formula is C11H19N3O5. The first-order chi connectivity index (χ1) is 8.73. The zero-order valence-electron chi connectivity index (χ0n) is 10.9. The van der Waals surface area contributed by atoms with E-state index in [1.54, 1.807) is 13.8 Å². The predicted molar refractivity (Wildman–Crippen MR) is 65.1 cm³/mol. The third-order valence-electron chi connectivity index (χ3n) is 3.08. The molecule has 0 aromatic carbocycles. The van der Waals surface area contributed by atoms with Crippen molar-refractivity contribution in [3.63, 3.8) is 0 Å². The number of nitrogens with zero attached hydrogens (tertiary/aromatic N) is 1. The molecule has 1 fully saturated rings. The van der Waals surface area contributed by atoms with Crippen LogP contribution in [0.15, 0.2) is 0 Å². The Hall–Kier alpha value is -1.83. The van der Waals surface area contributed by atoms with Gasteiger partial charge in [-0.15, -0.1) is 0 Å². The number of aliphatic carboxylic acids is 1. The Labute approximate surface area is 110 Å². The van der Waals surface area contributed by atoms with Gasteiger partial charge in [-0.3, -0.25) is 4.79 Å². The van der Waals surface area contributed by atoms with Crippen LogP contribution in [-0.4, -0.2) is 57.8 Å². The fourth-order valence-corrected chi connectivity index (χ4v) is 2.14. The van der Waals surface area contributed by atoms with E-state index in [1.165, 1.54) is 0 Å². The van der Waals surface area contributed by atoms with E-state index < -0.39 is 36.1 Å². The summed E-state index contributed by atoms with van der Waals surface area (Å²) >= 11 is 0. The maximum atomic E-state index is 12.3. The van der Waals surface area contributed by atoms with Crippen molar-refractivity contribution in [3.05, 3.63) is 0 Å². The SMILES string of the molecule is CC(C)C(NC(N)=O)C(=O)N1C[C@@H](O)C[C@H]1C(=O)O. The van der Waals surface area contributed by atoms with Crippen LogP contribution in [0.5, 0.6) is 0 Å². The van der Waals surface area contributed by atoms with E-state index in [9.17, 15) is 19.5 Å². The van der Waals surface area contributed by atoms with Crippen LogP contribution in [-0.2, 0) is 9.59 Å². The number of aliphatic hydroxyl groups is 1. The molecule has 1 unspecified atom stereocenters. The van der Waals surface area contributed by atoms with Crippen molar-refractivity contribution in [2.75, 3.05) is 6.54 Å². The predicted octanol–water partition coefficient (Wildman–Crippen LogP) is -1.27. The van der Waals surface area contributed by atoms with E-state index in [2.05, 4.69) is 5.32 Å². The van der Waals surface area contributed by atoms with Gasteiger partial charge in [0.05, 0.1) is 6.10 Å². The molecule has 108 valence electrons. The number of amides is 3. The lowest BCUT2D eigenvalue weighted by Crippen LogP contribution is -2.54. The van der Waals surface area contributed by atoms with Gasteiger partial charge in [-0.05, 0) is 5.92 Å². The van der Waals surface area contributed by atoms with Crippen molar-refractivity contribution in [3.8, 4) is 0 Å². The monoisotopic (exact) mass is 273 g/mol. The van der Waals surface area contributed by atoms with Gasteiger partial charge in [-0.1, -0.05) is 13.8 Å². The van der Waals surface area contributed by atoms with Crippen LogP contribution in [0.4, 0.5) is 4.79 Å². The summed E-state index contributed by atoms with van der Waals surface area (Å²) < 4.78 is 0. The van der Waals surface area contributed by atoms with E-state index in [0.29, 0.717) is 0 Å². The van der Waals surface area contributed by atoms with Crippen LogP contribution in [0.1, 0.15) is 20.3 Å². The number of rotatable bonds is 4. The number of aliphatic hydroxyl groups excluding tert-OH is 1. The average molecular weight is 273 g/mol. The number of carboxylic acids is 1. The Morgan fingerprint density at radius 2 is 1.95 bits per heavy atom. The molecule has 3 atom stereocenters. The molecule has 1 aliphatic rings. The molecule has 5 N–H and O–H groups in total. The summed E-state index contributed by atoms with van der Waals surface area (Å²) in [5.74, 6) is -1.96. The zero-order valence-corrected chi connectivity index (χ0v) is 10.9. The van der Waals surface area contributed by atoms with Crippen LogP contribution in [0, 0.1) is 5.92 Å². The van der Waals surface area contributed by atoms with Crippen LogP contribution in [0.3, 0.4) is 0 Å². The molecule has 3 amide bonds. The molecule has 0 aliphatic carbocycles. The molecule has 0 radical (unpaired) electrons. The Morgan fingerprint density at radius 3 is 2.37 bits per heavy atom. The summed E-state index contributed by atoms with van der Waals surface area (Å²) in [5, 5.41) is 20.8. The molecule has 1 saturated heterocycles. The van der Waals surface area contributed by atoms with Crippen molar-refractivity contribution < 1.29 is 24.6 Å². The molecule has 0 spiro atoms. The molecule has 1 heterocycles. The maximum Gasteiger partial charge on any atom is 0.326 e. The summed E-state index contributed by atoms with van der Waals surface area (Å²) in [5.41, 5.74) is 5.00. The standard InChI is InChI=1S/C11H19N3O5/c1-5(2)8(13-11(12)19)9(16)14-4-6(15)3-7(14)10(17)18/h5-8,15H,3-4H2,1-2H3,(H,17,18)(H3,12,13,19)/t6-,7-,8?/m0/s1. The van der Waals surface area contributed by atoms with Crippen LogP contribution < -0.4 is 11.1 Å². The van der Waals surface area contributed by atoms with E-state index in [0.717, 1.165) is 4.90 Å². The number of hydrogen-bond acceptors (Lipinski definition) is 4. The van der Waals surface area contributed by atoms with Gasteiger partial charge in [0.25, 0.3) is 0 Å². The molecule has 0 bridgehead atoms. The van der Waals surface area contributed by atoms with Gasteiger partial charge in [0.2, 0.25) is 5.91 Å². The van der Waals surface area contributed by atoms with Crippen molar-refractivity contribution in [2.45, 2.75) is 38.5 Å². The molecule has 0 aromatic rings. The number of nitrogens with two attached hydrogens (primary N) is 1. The summed E-state index contributed by atoms with van der Waals surface area (Å²) in [6.07, 6.45) is -0.880. The summed E-state index contributed by atoms with van der Waals surface area (Å²) in [4.78, 5) is 35.3. The lowest BCUT2D eigenvalue weighted by atomic mass is 10.0. The van der Waals surface area contributed by atoms with Gasteiger partial charge in [-0.25, -0.2) is 9.59 Å². The number of carboxylic acid groups (broad SMARTS) is 1. The van der Waals surface area contributed by atoms with Crippen LogP contribution in [0.25, 0.3) is 0 Å². The molecule has 1 rings (SSSR count). The second-order valence-corrected chi connectivity index (χ2v) is 4.96. The van der Waals surface area contributed by atoms with Crippen molar-refractivity contribution >= 4 is 17.9 Å². The van der Waals surface area contributed by atoms with Crippen LogP contribution >= 0.6 is 0 Å². The normalized spacial score (nSPS) is 24.3. The van der Waals surface area contributed by atoms with Gasteiger partial charge in [0, 0.05) is 13.0 Å². The summed E-state index contributed by atoms with van der Waals surface area (Å²) in [7, 11) is 0. The first-order valence-corrected chi connectivity index (χ1v) is 6.01. The highest BCUT2D eigenvalue weighted by Gasteiger charge is 2.42. The van der Waals surface area contributed by atoms with Crippen molar-refractivity contribution in [2.24, 2.45) is 11.7 Å². The van der Waals surface area contributed by atoms with Gasteiger partial charge in [0.15, 0.2) is 0 Å². The van der Waals surface area contributed by atoms with Gasteiger partial charge < -0.3 is 26.2 Å². The van der Waals surface area contributed by atoms with Crippen molar-refractivity contribution in [1.82, 2.24) is 10.2 Å². The topological polar surface area (TPSA) is 133 Å². The lowest BCUT2D eigenvalue weighted by molar-refractivity contribution is -0.149. The first-order valence-electron chi connectivity index (χ1n) is 6.01. The van der Waals surface area contributed by atoms with E-state index >= 15 is 0 Å². The number of urea groups is 1. The highest BCUT2D eigenvalue weighted by atomic mass is 16.4. The molecule has 0 saturated carbocycles. The molecule has 1 aliphatic heterocycles. The second-order valence-electron chi connectivity index (χ2n) is 4.96. The number of β-amino-alcohol motifs (C(OH)–C–C–N with tert-alkyl or cyclic N) is 1. The maximum absolute atomic E-state index is 12.3. The Bertz CT molecular complexity index is 385. The van der Waals surface area contributed by atoms with Crippen LogP contribution in [0.2, 0.25) is 0 Å².